The van der Waals surface area contributed by atoms with Gasteiger partial charge >= 0.3 is 12.1 Å². The van der Waals surface area contributed by atoms with Gasteiger partial charge in [0.25, 0.3) is 0 Å². The number of ether oxygens (including phenoxy) is 1. The summed E-state index contributed by atoms with van der Waals surface area (Å²) in [6.45, 7) is 9.85. The highest BCUT2D eigenvalue weighted by Gasteiger charge is 2.26. The number of allylic oxidation sites excluding steroid dienone is 5. The van der Waals surface area contributed by atoms with Crippen LogP contribution in [0.3, 0.4) is 0 Å². The number of nitrogens with two attached hydrogens (primary N) is 1. The van der Waals surface area contributed by atoms with Crippen LogP contribution < -0.4 is 11.1 Å². The Morgan fingerprint density at radius 3 is 2.68 bits per heavy atom. The van der Waals surface area contributed by atoms with Crippen molar-refractivity contribution >= 4 is 17.4 Å². The maximum atomic E-state index is 12.3. The van der Waals surface area contributed by atoms with E-state index in [4.69, 9.17) is 15.9 Å². The van der Waals surface area contributed by atoms with Crippen molar-refractivity contribution in [1.82, 2.24) is 5.32 Å². The lowest BCUT2D eigenvalue weighted by atomic mass is 9.92. The molecule has 0 fully saturated rings. The van der Waals surface area contributed by atoms with Crippen LogP contribution in [0, 0.1) is 11.3 Å². The number of aliphatic imine (C=N–C) groups is 1. The number of carbonyl (C=O) groups is 1. The maximum Gasteiger partial charge on any atom is 0.389 e. The van der Waals surface area contributed by atoms with Crippen molar-refractivity contribution in [3.63, 3.8) is 0 Å². The van der Waals surface area contributed by atoms with Crippen LogP contribution in [0.2, 0.25) is 0 Å². The first-order chi connectivity index (χ1) is 16.0. The molecule has 0 radical (unpaired) electrons. The largest absolute Gasteiger partial charge is 0.466 e. The second-order valence-corrected chi connectivity index (χ2v) is 7.91. The highest BCUT2D eigenvalue weighted by molar-refractivity contribution is 6.28. The average Bonchev–Trinajstić information content (AvgIpc) is 2.77. The Kier molecular flexibility index (Phi) is 12.1. The van der Waals surface area contributed by atoms with E-state index in [1.807, 2.05) is 6.92 Å². The summed E-state index contributed by atoms with van der Waals surface area (Å²) in [6, 6.07) is 0. The summed E-state index contributed by atoms with van der Waals surface area (Å²) in [7, 11) is 0. The molecule has 4 N–H and O–H groups in total. The van der Waals surface area contributed by atoms with Crippen LogP contribution in [0.1, 0.15) is 52.9 Å². The van der Waals surface area contributed by atoms with Gasteiger partial charge in [0.1, 0.15) is 0 Å². The van der Waals surface area contributed by atoms with Gasteiger partial charge in [0, 0.05) is 43.1 Å². The number of halogens is 3. The zero-order valence-electron chi connectivity index (χ0n) is 20.1. The average molecular weight is 481 g/mol. The van der Waals surface area contributed by atoms with E-state index in [2.05, 4.69) is 16.9 Å². The van der Waals surface area contributed by atoms with Crippen molar-refractivity contribution in [1.29, 1.82) is 5.41 Å². The topological polar surface area (TPSA) is 101 Å². The van der Waals surface area contributed by atoms with Gasteiger partial charge in [-0.05, 0) is 50.3 Å². The highest BCUT2D eigenvalue weighted by Crippen LogP contribution is 2.24. The molecule has 0 aromatic heterocycles. The third-order valence-corrected chi connectivity index (χ3v) is 5.25. The number of carbonyl (C=O) groups excluding carboxylic acids is 1. The minimum Gasteiger partial charge on any atom is -0.466 e. The fraction of sp³-hybridized carbons (Fsp3) is 0.480. The summed E-state index contributed by atoms with van der Waals surface area (Å²) < 4.78 is 42.1. The minimum absolute atomic E-state index is 0.0590. The first-order valence-corrected chi connectivity index (χ1v) is 11.3. The molecular weight excluding hydrogens is 445 g/mol. The molecule has 0 spiro atoms. The molecular formula is C25H35F3N4O2. The van der Waals surface area contributed by atoms with Crippen LogP contribution in [0.4, 0.5) is 13.2 Å². The lowest BCUT2D eigenvalue weighted by Crippen LogP contribution is -2.25. The van der Waals surface area contributed by atoms with E-state index in [1.54, 1.807) is 38.3 Å². The summed E-state index contributed by atoms with van der Waals surface area (Å²) in [5, 5.41) is 11.4. The summed E-state index contributed by atoms with van der Waals surface area (Å²) >= 11 is 0. The van der Waals surface area contributed by atoms with Gasteiger partial charge < -0.3 is 21.2 Å². The Labute approximate surface area is 199 Å². The monoisotopic (exact) mass is 480 g/mol. The molecule has 0 unspecified atom stereocenters. The van der Waals surface area contributed by atoms with Crippen molar-refractivity contribution in [2.24, 2.45) is 16.6 Å². The first-order valence-electron chi connectivity index (χ1n) is 11.3. The molecule has 0 saturated heterocycles. The number of esters is 1. The summed E-state index contributed by atoms with van der Waals surface area (Å²) in [6.07, 6.45) is 4.18. The SMILES string of the molecule is C=C/C(=C\C(C)=C(/N)CCCC(F)(F)F)CN/C=C1\C(=N)C=CN=C1C[C@H](CC)C(=O)OCC. The summed E-state index contributed by atoms with van der Waals surface area (Å²) in [4.78, 5) is 16.5. The zero-order chi connectivity index (χ0) is 25.7. The van der Waals surface area contributed by atoms with Gasteiger partial charge in [-0.1, -0.05) is 25.7 Å². The zero-order valence-corrected chi connectivity index (χ0v) is 20.1. The smallest absolute Gasteiger partial charge is 0.389 e. The predicted octanol–water partition coefficient (Wildman–Crippen LogP) is 5.51. The van der Waals surface area contributed by atoms with Gasteiger partial charge in [0.05, 0.1) is 23.9 Å². The number of hydrogen-bond acceptors (Lipinski definition) is 6. The van der Waals surface area contributed by atoms with Crippen LogP contribution in [-0.4, -0.2) is 36.7 Å². The molecule has 6 nitrogen and oxygen atoms in total. The molecule has 0 aromatic rings. The highest BCUT2D eigenvalue weighted by atomic mass is 19.4. The molecule has 1 rings (SSSR count). The van der Waals surface area contributed by atoms with Gasteiger partial charge in [-0.2, -0.15) is 13.2 Å². The number of rotatable bonds is 13. The molecule has 0 bridgehead atoms. The third-order valence-electron chi connectivity index (χ3n) is 5.25. The van der Waals surface area contributed by atoms with Crippen LogP contribution >= 0.6 is 0 Å². The Balaban J connectivity index is 2.87. The van der Waals surface area contributed by atoms with E-state index in [9.17, 15) is 18.0 Å². The van der Waals surface area contributed by atoms with Crippen molar-refractivity contribution < 1.29 is 22.7 Å². The quantitative estimate of drug-likeness (QED) is 0.239. The predicted molar refractivity (Wildman–Crippen MR) is 130 cm³/mol. The molecule has 1 aliphatic heterocycles. The van der Waals surface area contributed by atoms with Crippen LogP contribution in [0.25, 0.3) is 0 Å². The van der Waals surface area contributed by atoms with Crippen molar-refractivity contribution in [2.45, 2.75) is 59.1 Å². The summed E-state index contributed by atoms with van der Waals surface area (Å²) in [5.41, 5.74) is 9.28. The third kappa shape index (κ3) is 10.2. The van der Waals surface area contributed by atoms with E-state index in [0.29, 0.717) is 48.5 Å². The molecule has 188 valence electrons. The number of hydrogen-bond donors (Lipinski definition) is 3. The maximum absolute atomic E-state index is 12.3. The minimum atomic E-state index is -4.19. The summed E-state index contributed by atoms with van der Waals surface area (Å²) in [5.74, 6) is -0.633. The fourth-order valence-corrected chi connectivity index (χ4v) is 3.23. The molecule has 1 atom stereocenters. The molecule has 1 aliphatic rings. The van der Waals surface area contributed by atoms with E-state index in [-0.39, 0.29) is 30.4 Å². The van der Waals surface area contributed by atoms with Crippen LogP contribution in [0.15, 0.2) is 64.6 Å². The Morgan fingerprint density at radius 1 is 1.38 bits per heavy atom. The Hall–Kier alpha value is -3.10. The number of nitrogens with zero attached hydrogens (tertiary/aromatic N) is 1. The van der Waals surface area contributed by atoms with E-state index >= 15 is 0 Å². The molecule has 0 amide bonds. The molecule has 1 heterocycles. The Bertz CT molecular complexity index is 896. The van der Waals surface area contributed by atoms with Gasteiger partial charge in [0.2, 0.25) is 0 Å². The lowest BCUT2D eigenvalue weighted by Gasteiger charge is -2.18. The second kappa shape index (κ2) is 14.2. The number of nitrogens with one attached hydrogen (secondary N) is 2. The van der Waals surface area contributed by atoms with Crippen LogP contribution in [-0.2, 0) is 9.53 Å². The normalized spacial score (nSPS) is 17.2. The molecule has 9 heteroatoms. The first kappa shape index (κ1) is 28.9. The molecule has 34 heavy (non-hydrogen) atoms. The fourth-order valence-electron chi connectivity index (χ4n) is 3.23. The van der Waals surface area contributed by atoms with Crippen molar-refractivity contribution in [2.75, 3.05) is 13.2 Å². The van der Waals surface area contributed by atoms with Gasteiger partial charge in [-0.15, -0.1) is 0 Å². The molecule has 0 aromatic carbocycles. The van der Waals surface area contributed by atoms with E-state index < -0.39 is 12.6 Å². The Morgan fingerprint density at radius 2 is 2.09 bits per heavy atom. The lowest BCUT2D eigenvalue weighted by molar-refractivity contribution is -0.147. The van der Waals surface area contributed by atoms with Gasteiger partial charge in [-0.25, -0.2) is 0 Å². The van der Waals surface area contributed by atoms with Gasteiger partial charge in [0.15, 0.2) is 0 Å². The molecule has 0 aliphatic carbocycles. The van der Waals surface area contributed by atoms with Crippen molar-refractivity contribution in [3.05, 3.63) is 59.6 Å². The van der Waals surface area contributed by atoms with Crippen molar-refractivity contribution in [3.8, 4) is 0 Å². The van der Waals surface area contributed by atoms with Crippen LogP contribution in [0.5, 0.6) is 0 Å². The van der Waals surface area contributed by atoms with E-state index in [1.165, 1.54) is 6.20 Å². The van der Waals surface area contributed by atoms with Gasteiger partial charge in [-0.3, -0.25) is 9.79 Å². The number of alkyl halides is 3. The standard InChI is InChI=1S/C25H35F3N4O2/c1-5-18(13-17(4)21(29)9-8-11-25(26,27)28)15-31-16-20-22(30)10-12-32-23(20)14-19(6-2)24(33)34-7-3/h5,10,12-13,16,19,30-31H,1,6-9,11,14-15,29H2,2-4H3/b18-13+,20-16+,21-17-,30-22?/t19-/m0/s1. The van der Waals surface area contributed by atoms with E-state index in [0.717, 1.165) is 5.57 Å². The molecule has 0 saturated carbocycles. The second-order valence-electron chi connectivity index (χ2n) is 7.91.